The number of hydrogen-bond donors (Lipinski definition) is 1. The molecule has 2 heterocycles. The van der Waals surface area contributed by atoms with Crippen LogP contribution in [-0.2, 0) is 19.5 Å². The van der Waals surface area contributed by atoms with Crippen LogP contribution in [0.4, 0.5) is 0 Å². The molecule has 0 fully saturated rings. The van der Waals surface area contributed by atoms with Gasteiger partial charge in [-0.2, -0.15) is 0 Å². The van der Waals surface area contributed by atoms with E-state index in [1.807, 2.05) is 11.3 Å². The van der Waals surface area contributed by atoms with Crippen LogP contribution in [-0.4, -0.2) is 24.0 Å². The van der Waals surface area contributed by atoms with Crippen LogP contribution in [0, 0.1) is 0 Å². The molecule has 2 rings (SSSR count). The van der Waals surface area contributed by atoms with Crippen LogP contribution in [0.2, 0.25) is 0 Å². The number of rotatable bonds is 8. The number of nitrogens with zero attached hydrogens (tertiary/aromatic N) is 1. The molecule has 0 aliphatic rings. The summed E-state index contributed by atoms with van der Waals surface area (Å²) in [5.74, 6) is 2.05. The molecular weight excluding hydrogens is 280 g/mol. The van der Waals surface area contributed by atoms with Crippen molar-refractivity contribution in [2.45, 2.75) is 52.4 Å². The molecule has 2 aromatic rings. The zero-order valence-electron chi connectivity index (χ0n) is 13.4. The maximum atomic E-state index is 5.89. The summed E-state index contributed by atoms with van der Waals surface area (Å²) in [7, 11) is 2.16. The molecule has 3 nitrogen and oxygen atoms in total. The van der Waals surface area contributed by atoms with Crippen molar-refractivity contribution in [3.8, 4) is 0 Å². The van der Waals surface area contributed by atoms with Crippen molar-refractivity contribution in [1.29, 1.82) is 0 Å². The van der Waals surface area contributed by atoms with Crippen molar-refractivity contribution in [2.24, 2.45) is 0 Å². The predicted molar refractivity (Wildman–Crippen MR) is 89.6 cm³/mol. The Morgan fingerprint density at radius 2 is 1.95 bits per heavy atom. The molecule has 0 amide bonds. The molecule has 0 aliphatic heterocycles. The van der Waals surface area contributed by atoms with E-state index in [2.05, 4.69) is 67.7 Å². The molecule has 1 atom stereocenters. The van der Waals surface area contributed by atoms with Crippen molar-refractivity contribution in [2.75, 3.05) is 7.05 Å². The van der Waals surface area contributed by atoms with Crippen LogP contribution in [0.5, 0.6) is 0 Å². The topological polar surface area (TPSA) is 28.4 Å². The Labute approximate surface area is 132 Å². The first kappa shape index (κ1) is 16.3. The Hall–Kier alpha value is -1.10. The van der Waals surface area contributed by atoms with Gasteiger partial charge in [0.2, 0.25) is 0 Å². The first-order valence-corrected chi connectivity index (χ1v) is 8.46. The van der Waals surface area contributed by atoms with Gasteiger partial charge in [0, 0.05) is 17.0 Å². The van der Waals surface area contributed by atoms with Gasteiger partial charge in [0.1, 0.15) is 11.5 Å². The molecule has 1 unspecified atom stereocenters. The van der Waals surface area contributed by atoms with Gasteiger partial charge in [-0.05, 0) is 44.0 Å². The minimum absolute atomic E-state index is 0.479. The number of nitrogens with one attached hydrogen (secondary N) is 1. The highest BCUT2D eigenvalue weighted by molar-refractivity contribution is 7.09. The fraction of sp³-hybridized carbons (Fsp3) is 0.529. The molecule has 0 bridgehead atoms. The van der Waals surface area contributed by atoms with Crippen molar-refractivity contribution >= 4 is 11.3 Å². The molecule has 0 saturated heterocycles. The van der Waals surface area contributed by atoms with E-state index >= 15 is 0 Å². The third kappa shape index (κ3) is 5.30. The number of likely N-dealkylation sites (N-methyl/N-ethyl adjacent to an activating group) is 1. The molecule has 1 N–H and O–H groups in total. The Bertz CT molecular complexity index is 519. The van der Waals surface area contributed by atoms with Gasteiger partial charge in [0.15, 0.2) is 0 Å². The summed E-state index contributed by atoms with van der Waals surface area (Å²) in [6, 6.07) is 9.47. The molecule has 4 heteroatoms. The Balaban J connectivity index is 1.83. The highest BCUT2D eigenvalue weighted by Gasteiger charge is 2.13. The summed E-state index contributed by atoms with van der Waals surface area (Å²) in [4.78, 5) is 3.79. The monoisotopic (exact) mass is 306 g/mol. The molecule has 0 aromatic carbocycles. The molecule has 0 saturated carbocycles. The average Bonchev–Trinajstić information content (AvgIpc) is 3.08. The molecule has 0 spiro atoms. The standard InChI is InChI=1S/C17H26N2OS/c1-13(2)18-11-15-7-8-16(20-15)12-19(4)14(3)10-17-6-5-9-21-17/h5-9,13-14,18H,10-12H2,1-4H3. The molecule has 0 aliphatic carbocycles. The highest BCUT2D eigenvalue weighted by atomic mass is 32.1. The van der Waals surface area contributed by atoms with Gasteiger partial charge in [0.25, 0.3) is 0 Å². The first-order valence-electron chi connectivity index (χ1n) is 7.58. The third-order valence-corrected chi connectivity index (χ3v) is 4.53. The molecule has 2 aromatic heterocycles. The fourth-order valence-corrected chi connectivity index (χ4v) is 3.01. The van der Waals surface area contributed by atoms with Gasteiger partial charge in [-0.15, -0.1) is 11.3 Å². The van der Waals surface area contributed by atoms with E-state index in [0.717, 1.165) is 31.0 Å². The minimum Gasteiger partial charge on any atom is -0.463 e. The van der Waals surface area contributed by atoms with Crippen LogP contribution in [0.1, 0.15) is 37.2 Å². The van der Waals surface area contributed by atoms with E-state index in [4.69, 9.17) is 4.42 Å². The molecule has 116 valence electrons. The van der Waals surface area contributed by atoms with Gasteiger partial charge >= 0.3 is 0 Å². The maximum Gasteiger partial charge on any atom is 0.118 e. The lowest BCUT2D eigenvalue weighted by atomic mass is 10.2. The van der Waals surface area contributed by atoms with Crippen LogP contribution in [0.15, 0.2) is 34.1 Å². The second kappa shape index (κ2) is 7.78. The van der Waals surface area contributed by atoms with Gasteiger partial charge in [-0.25, -0.2) is 0 Å². The van der Waals surface area contributed by atoms with Gasteiger partial charge < -0.3 is 9.73 Å². The van der Waals surface area contributed by atoms with Crippen molar-refractivity contribution in [3.63, 3.8) is 0 Å². The average molecular weight is 306 g/mol. The lowest BCUT2D eigenvalue weighted by Crippen LogP contribution is -2.30. The smallest absolute Gasteiger partial charge is 0.118 e. The van der Waals surface area contributed by atoms with Crippen LogP contribution in [0.3, 0.4) is 0 Å². The lowest BCUT2D eigenvalue weighted by molar-refractivity contribution is 0.227. The third-order valence-electron chi connectivity index (χ3n) is 3.64. The zero-order valence-corrected chi connectivity index (χ0v) is 14.2. The van der Waals surface area contributed by atoms with Crippen molar-refractivity contribution in [3.05, 3.63) is 46.0 Å². The normalized spacial score (nSPS) is 13.2. The number of thiophene rings is 1. The predicted octanol–water partition coefficient (Wildman–Crippen LogP) is 3.90. The minimum atomic E-state index is 0.479. The van der Waals surface area contributed by atoms with E-state index in [9.17, 15) is 0 Å². The summed E-state index contributed by atoms with van der Waals surface area (Å²) in [5.41, 5.74) is 0. The van der Waals surface area contributed by atoms with Crippen molar-refractivity contribution in [1.82, 2.24) is 10.2 Å². The summed E-state index contributed by atoms with van der Waals surface area (Å²) in [5, 5.41) is 5.52. The Kier molecular flexibility index (Phi) is 6.03. The quantitative estimate of drug-likeness (QED) is 0.802. The largest absolute Gasteiger partial charge is 0.463 e. The first-order chi connectivity index (χ1) is 10.0. The second-order valence-corrected chi connectivity index (χ2v) is 6.98. The van der Waals surface area contributed by atoms with Gasteiger partial charge in [-0.1, -0.05) is 19.9 Å². The highest BCUT2D eigenvalue weighted by Crippen LogP contribution is 2.16. The Morgan fingerprint density at radius 3 is 2.62 bits per heavy atom. The zero-order chi connectivity index (χ0) is 15.2. The second-order valence-electron chi connectivity index (χ2n) is 5.95. The van der Waals surface area contributed by atoms with Crippen LogP contribution < -0.4 is 5.32 Å². The SMILES string of the molecule is CC(C)NCc1ccc(CN(C)C(C)Cc2cccs2)o1. The summed E-state index contributed by atoms with van der Waals surface area (Å²) >= 11 is 1.83. The van der Waals surface area contributed by atoms with E-state index in [-0.39, 0.29) is 0 Å². The molecule has 0 radical (unpaired) electrons. The summed E-state index contributed by atoms with van der Waals surface area (Å²) < 4.78 is 5.89. The van der Waals surface area contributed by atoms with E-state index in [0.29, 0.717) is 12.1 Å². The van der Waals surface area contributed by atoms with Crippen LogP contribution in [0.25, 0.3) is 0 Å². The summed E-state index contributed by atoms with van der Waals surface area (Å²) in [6.45, 7) is 8.21. The molecular formula is C17H26N2OS. The number of furan rings is 1. The lowest BCUT2D eigenvalue weighted by Gasteiger charge is -2.23. The molecule has 21 heavy (non-hydrogen) atoms. The van der Waals surface area contributed by atoms with E-state index in [1.54, 1.807) is 0 Å². The van der Waals surface area contributed by atoms with Crippen LogP contribution >= 0.6 is 11.3 Å². The van der Waals surface area contributed by atoms with E-state index in [1.165, 1.54) is 4.88 Å². The summed E-state index contributed by atoms with van der Waals surface area (Å²) in [6.07, 6.45) is 1.09. The van der Waals surface area contributed by atoms with Gasteiger partial charge in [0.05, 0.1) is 13.1 Å². The van der Waals surface area contributed by atoms with Crippen molar-refractivity contribution < 1.29 is 4.42 Å². The fourth-order valence-electron chi connectivity index (χ4n) is 2.18. The van der Waals surface area contributed by atoms with Gasteiger partial charge in [-0.3, -0.25) is 4.90 Å². The maximum absolute atomic E-state index is 5.89. The van der Waals surface area contributed by atoms with E-state index < -0.39 is 0 Å². The number of hydrogen-bond acceptors (Lipinski definition) is 4. The Morgan fingerprint density at radius 1 is 1.19 bits per heavy atom.